The van der Waals surface area contributed by atoms with Gasteiger partial charge in [-0.15, -0.1) is 11.3 Å². The van der Waals surface area contributed by atoms with E-state index in [4.69, 9.17) is 10.3 Å². The lowest BCUT2D eigenvalue weighted by atomic mass is 10.1. The van der Waals surface area contributed by atoms with Gasteiger partial charge in [-0.3, -0.25) is 4.90 Å². The van der Waals surface area contributed by atoms with E-state index >= 15 is 0 Å². The van der Waals surface area contributed by atoms with E-state index in [2.05, 4.69) is 41.9 Å². The van der Waals surface area contributed by atoms with Crippen molar-refractivity contribution in [2.45, 2.75) is 39.8 Å². The van der Waals surface area contributed by atoms with E-state index in [1.807, 2.05) is 24.3 Å². The molecule has 0 fully saturated rings. The topological polar surface area (TPSA) is 88.4 Å². The Morgan fingerprint density at radius 2 is 1.93 bits per heavy atom. The molecule has 0 saturated carbocycles. The summed E-state index contributed by atoms with van der Waals surface area (Å²) in [4.78, 5) is 9.31. The number of aliphatic hydroxyl groups is 1. The number of benzene rings is 1. The summed E-state index contributed by atoms with van der Waals surface area (Å²) in [5, 5.41) is 13.8. The van der Waals surface area contributed by atoms with Crippen LogP contribution in [0.25, 0.3) is 22.2 Å². The highest BCUT2D eigenvalue weighted by molar-refractivity contribution is 7.15. The quantitative estimate of drug-likeness (QED) is 0.572. The zero-order valence-electron chi connectivity index (χ0n) is 16.7. The van der Waals surface area contributed by atoms with Crippen molar-refractivity contribution in [3.63, 3.8) is 0 Å². The number of nitrogens with two attached hydrogens (primary N) is 1. The first-order valence-electron chi connectivity index (χ1n) is 9.67. The van der Waals surface area contributed by atoms with Gasteiger partial charge in [0, 0.05) is 23.5 Å². The predicted octanol–water partition coefficient (Wildman–Crippen LogP) is 3.48. The third-order valence-electron chi connectivity index (χ3n) is 4.87. The van der Waals surface area contributed by atoms with Crippen molar-refractivity contribution in [1.82, 2.24) is 15.0 Å². The monoisotopic (exact) mass is 400 g/mol. The average molecular weight is 401 g/mol. The lowest BCUT2D eigenvalue weighted by Gasteiger charge is -2.17. The molecule has 1 atom stereocenters. The second kappa shape index (κ2) is 9.43. The minimum atomic E-state index is -0.518. The van der Waals surface area contributed by atoms with E-state index < -0.39 is 6.10 Å². The average Bonchev–Trinajstić information content (AvgIpc) is 3.33. The zero-order chi connectivity index (χ0) is 20.1. The molecule has 7 heteroatoms. The van der Waals surface area contributed by atoms with Crippen molar-refractivity contribution in [2.75, 3.05) is 19.6 Å². The molecule has 6 nitrogen and oxygen atoms in total. The Morgan fingerprint density at radius 1 is 1.21 bits per heavy atom. The fraction of sp³-hybridized carbons (Fsp3) is 0.429. The van der Waals surface area contributed by atoms with Crippen LogP contribution in [0.5, 0.6) is 0 Å². The first-order valence-corrected chi connectivity index (χ1v) is 10.5. The number of rotatable bonds is 9. The summed E-state index contributed by atoms with van der Waals surface area (Å²) in [5.74, 6) is 1.12. The van der Waals surface area contributed by atoms with Gasteiger partial charge >= 0.3 is 0 Å². The number of nitrogens with zero attached hydrogens (tertiary/aromatic N) is 3. The predicted molar refractivity (Wildman–Crippen MR) is 113 cm³/mol. The molecule has 28 heavy (non-hydrogen) atoms. The van der Waals surface area contributed by atoms with E-state index in [-0.39, 0.29) is 6.54 Å². The van der Waals surface area contributed by atoms with Crippen molar-refractivity contribution >= 4 is 11.3 Å². The standard InChI is InChI=1S/C21H28N4O2S/c1-4-25(5-2)13-19-14(3)10-18(28-19)21-23-20(24-27-21)16-8-6-15(7-9-16)11-17(26)12-22/h6-10,17,26H,4-5,11-13,22H2,1-3H3. The molecule has 2 heterocycles. The first-order chi connectivity index (χ1) is 13.5. The minimum Gasteiger partial charge on any atom is -0.391 e. The molecule has 0 aliphatic heterocycles. The molecule has 3 rings (SSSR count). The molecule has 0 amide bonds. The number of thiophene rings is 1. The summed E-state index contributed by atoms with van der Waals surface area (Å²) in [5.41, 5.74) is 8.64. The van der Waals surface area contributed by atoms with Gasteiger partial charge in [-0.25, -0.2) is 0 Å². The molecule has 0 radical (unpaired) electrons. The highest BCUT2D eigenvalue weighted by atomic mass is 32.1. The van der Waals surface area contributed by atoms with Crippen LogP contribution in [0, 0.1) is 6.92 Å². The second-order valence-corrected chi connectivity index (χ2v) is 8.03. The van der Waals surface area contributed by atoms with E-state index in [0.29, 0.717) is 18.1 Å². The number of hydrogen-bond donors (Lipinski definition) is 2. The van der Waals surface area contributed by atoms with Gasteiger partial charge in [0.05, 0.1) is 11.0 Å². The Hall–Kier alpha value is -2.06. The normalized spacial score (nSPS) is 12.6. The van der Waals surface area contributed by atoms with Crippen molar-refractivity contribution in [2.24, 2.45) is 5.73 Å². The van der Waals surface area contributed by atoms with Gasteiger partial charge in [-0.1, -0.05) is 43.3 Å². The molecule has 0 spiro atoms. The molecular weight excluding hydrogens is 372 g/mol. The zero-order valence-corrected chi connectivity index (χ0v) is 17.5. The molecule has 0 saturated heterocycles. The Balaban J connectivity index is 1.75. The van der Waals surface area contributed by atoms with Crippen molar-refractivity contribution < 1.29 is 9.63 Å². The highest BCUT2D eigenvalue weighted by Gasteiger charge is 2.16. The number of hydrogen-bond acceptors (Lipinski definition) is 7. The Labute approximate surface area is 170 Å². The lowest BCUT2D eigenvalue weighted by molar-refractivity contribution is 0.183. The maximum atomic E-state index is 9.67. The number of aromatic nitrogens is 2. The maximum Gasteiger partial charge on any atom is 0.268 e. The highest BCUT2D eigenvalue weighted by Crippen LogP contribution is 2.32. The molecule has 0 bridgehead atoms. The fourth-order valence-electron chi connectivity index (χ4n) is 3.02. The third kappa shape index (κ3) is 4.86. The van der Waals surface area contributed by atoms with Crippen LogP contribution >= 0.6 is 11.3 Å². The van der Waals surface area contributed by atoms with E-state index in [1.165, 1.54) is 10.4 Å². The van der Waals surface area contributed by atoms with Crippen LogP contribution < -0.4 is 5.73 Å². The van der Waals surface area contributed by atoms with Crippen LogP contribution in [-0.2, 0) is 13.0 Å². The van der Waals surface area contributed by atoms with Crippen molar-refractivity contribution in [3.8, 4) is 22.2 Å². The smallest absolute Gasteiger partial charge is 0.268 e. The fourth-order valence-corrected chi connectivity index (χ4v) is 4.16. The van der Waals surface area contributed by atoms with E-state index in [1.54, 1.807) is 11.3 Å². The van der Waals surface area contributed by atoms with Crippen LogP contribution in [0.3, 0.4) is 0 Å². The number of aliphatic hydroxyl groups excluding tert-OH is 1. The van der Waals surface area contributed by atoms with Gasteiger partial charge in [0.25, 0.3) is 5.89 Å². The van der Waals surface area contributed by atoms with Crippen molar-refractivity contribution in [1.29, 1.82) is 0 Å². The Kier molecular flexibility index (Phi) is 6.96. The second-order valence-electron chi connectivity index (χ2n) is 6.89. The van der Waals surface area contributed by atoms with Gasteiger partial charge in [0.15, 0.2) is 0 Å². The Bertz CT molecular complexity index is 884. The molecular formula is C21H28N4O2S. The SMILES string of the molecule is CCN(CC)Cc1sc(-c2nc(-c3ccc(CC(O)CN)cc3)no2)cc1C. The first kappa shape index (κ1) is 20.7. The summed E-state index contributed by atoms with van der Waals surface area (Å²) < 4.78 is 5.52. The molecule has 0 aliphatic rings. The van der Waals surface area contributed by atoms with E-state index in [9.17, 15) is 5.11 Å². The largest absolute Gasteiger partial charge is 0.391 e. The summed E-state index contributed by atoms with van der Waals surface area (Å²) in [6.45, 7) is 9.76. The molecule has 2 aromatic heterocycles. The maximum absolute atomic E-state index is 9.67. The van der Waals surface area contributed by atoms with E-state index in [0.717, 1.165) is 35.6 Å². The van der Waals surface area contributed by atoms with Gasteiger partial charge in [0.1, 0.15) is 0 Å². The molecule has 1 aromatic carbocycles. The molecule has 150 valence electrons. The van der Waals surface area contributed by atoms with Crippen LogP contribution in [0.2, 0.25) is 0 Å². The van der Waals surface area contributed by atoms with Gasteiger partial charge in [-0.2, -0.15) is 4.98 Å². The number of aryl methyl sites for hydroxylation is 1. The van der Waals surface area contributed by atoms with Crippen LogP contribution in [0.4, 0.5) is 0 Å². The van der Waals surface area contributed by atoms with Crippen LogP contribution in [-0.4, -0.2) is 45.9 Å². The molecule has 0 aliphatic carbocycles. The summed E-state index contributed by atoms with van der Waals surface area (Å²) in [7, 11) is 0. The molecule has 1 unspecified atom stereocenters. The van der Waals surface area contributed by atoms with Gasteiger partial charge in [0.2, 0.25) is 5.82 Å². The molecule has 3 N–H and O–H groups in total. The van der Waals surface area contributed by atoms with Gasteiger partial charge < -0.3 is 15.4 Å². The molecule has 3 aromatic rings. The lowest BCUT2D eigenvalue weighted by Crippen LogP contribution is -2.21. The van der Waals surface area contributed by atoms with Crippen molar-refractivity contribution in [3.05, 3.63) is 46.3 Å². The van der Waals surface area contributed by atoms with Gasteiger partial charge in [-0.05, 0) is 43.6 Å². The summed E-state index contributed by atoms with van der Waals surface area (Å²) >= 11 is 1.71. The summed E-state index contributed by atoms with van der Waals surface area (Å²) in [6.07, 6.45) is 0.0214. The van der Waals surface area contributed by atoms with Crippen LogP contribution in [0.1, 0.15) is 29.9 Å². The summed E-state index contributed by atoms with van der Waals surface area (Å²) in [6, 6.07) is 9.93. The van der Waals surface area contributed by atoms with Crippen LogP contribution in [0.15, 0.2) is 34.9 Å². The minimum absolute atomic E-state index is 0.256. The third-order valence-corrected chi connectivity index (χ3v) is 6.08. The Morgan fingerprint density at radius 3 is 2.57 bits per heavy atom.